The summed E-state index contributed by atoms with van der Waals surface area (Å²) in [4.78, 5) is 25.1. The monoisotopic (exact) mass is 326 g/mol. The van der Waals surface area contributed by atoms with E-state index in [9.17, 15) is 9.18 Å². The maximum atomic E-state index is 13.9. The van der Waals surface area contributed by atoms with E-state index in [1.54, 1.807) is 41.7 Å². The molecule has 0 N–H and O–H groups in total. The third-order valence-electron chi connectivity index (χ3n) is 5.07. The second-order valence-electron chi connectivity index (χ2n) is 6.51. The van der Waals surface area contributed by atoms with Gasteiger partial charge in [0.05, 0.1) is 11.8 Å². The van der Waals surface area contributed by atoms with Crippen LogP contribution < -0.4 is 4.90 Å². The minimum atomic E-state index is -0.446. The van der Waals surface area contributed by atoms with Gasteiger partial charge >= 0.3 is 0 Å². The van der Waals surface area contributed by atoms with Crippen molar-refractivity contribution < 1.29 is 9.18 Å². The van der Waals surface area contributed by atoms with E-state index < -0.39 is 5.82 Å². The Morgan fingerprint density at radius 1 is 1.12 bits per heavy atom. The van der Waals surface area contributed by atoms with Gasteiger partial charge in [0.1, 0.15) is 11.6 Å². The van der Waals surface area contributed by atoms with Gasteiger partial charge in [-0.05, 0) is 30.4 Å². The summed E-state index contributed by atoms with van der Waals surface area (Å²) in [6, 6.07) is 6.21. The lowest BCUT2D eigenvalue weighted by atomic mass is 9.89. The summed E-state index contributed by atoms with van der Waals surface area (Å²) in [5, 5.41) is 0. The Balaban J connectivity index is 1.47. The lowest BCUT2D eigenvalue weighted by Gasteiger charge is -2.34. The molecule has 2 aliphatic heterocycles. The minimum Gasteiger partial charge on any atom is -0.355 e. The van der Waals surface area contributed by atoms with Crippen LogP contribution in [0.15, 0.2) is 42.9 Å². The average molecular weight is 326 g/mol. The smallest absolute Gasteiger partial charge is 0.256 e. The molecule has 0 bridgehead atoms. The molecule has 1 aromatic carbocycles. The van der Waals surface area contributed by atoms with Gasteiger partial charge in [-0.2, -0.15) is 0 Å². The van der Waals surface area contributed by atoms with Crippen molar-refractivity contribution in [3.05, 3.63) is 54.2 Å². The van der Waals surface area contributed by atoms with E-state index in [0.29, 0.717) is 24.9 Å². The lowest BCUT2D eigenvalue weighted by Crippen LogP contribution is -2.40. The molecule has 2 atom stereocenters. The number of nitrogens with zero attached hydrogens (tertiary/aromatic N) is 4. The fourth-order valence-corrected chi connectivity index (χ4v) is 3.80. The number of halogens is 1. The molecule has 6 heteroatoms. The number of carbonyl (C=O) groups excluding carboxylic acids is 1. The minimum absolute atomic E-state index is 0.168. The molecule has 2 aliphatic rings. The highest BCUT2D eigenvalue weighted by molar-refractivity contribution is 5.94. The molecular weight excluding hydrogens is 307 g/mol. The Bertz CT molecular complexity index is 739. The van der Waals surface area contributed by atoms with Crippen molar-refractivity contribution in [2.45, 2.75) is 6.42 Å². The molecule has 4 rings (SSSR count). The number of rotatable bonds is 2. The summed E-state index contributed by atoms with van der Waals surface area (Å²) < 4.78 is 13.9. The Labute approximate surface area is 140 Å². The van der Waals surface area contributed by atoms with E-state index in [-0.39, 0.29) is 11.5 Å². The Kier molecular flexibility index (Phi) is 3.88. The molecule has 124 valence electrons. The number of hydrogen-bond acceptors (Lipinski definition) is 4. The van der Waals surface area contributed by atoms with Gasteiger partial charge in [0, 0.05) is 38.6 Å². The fraction of sp³-hybridized carbons (Fsp3) is 0.389. The number of aromatic nitrogens is 2. The molecule has 5 nitrogen and oxygen atoms in total. The first-order chi connectivity index (χ1) is 11.7. The number of fused-ring (bicyclic) bond motifs is 1. The maximum Gasteiger partial charge on any atom is 0.256 e. The molecule has 1 amide bonds. The van der Waals surface area contributed by atoms with Crippen molar-refractivity contribution >= 4 is 11.7 Å². The number of carbonyl (C=O) groups is 1. The van der Waals surface area contributed by atoms with Crippen molar-refractivity contribution in [2.75, 3.05) is 31.1 Å². The number of amides is 1. The highest BCUT2D eigenvalue weighted by Crippen LogP contribution is 2.33. The van der Waals surface area contributed by atoms with Crippen LogP contribution in [0.2, 0.25) is 0 Å². The predicted molar refractivity (Wildman–Crippen MR) is 88.1 cm³/mol. The summed E-state index contributed by atoms with van der Waals surface area (Å²) in [5.74, 6) is 1.12. The molecular formula is C18H19FN4O. The van der Waals surface area contributed by atoms with Crippen LogP contribution in [0.5, 0.6) is 0 Å². The number of hydrogen-bond donors (Lipinski definition) is 0. The zero-order valence-electron chi connectivity index (χ0n) is 13.3. The molecule has 1 aromatic heterocycles. The number of likely N-dealkylation sites (tertiary alicyclic amines) is 1. The Morgan fingerprint density at radius 3 is 2.75 bits per heavy atom. The summed E-state index contributed by atoms with van der Waals surface area (Å²) in [5.41, 5.74) is 0.168. The van der Waals surface area contributed by atoms with Crippen molar-refractivity contribution in [3.63, 3.8) is 0 Å². The molecule has 2 aromatic rings. The van der Waals surface area contributed by atoms with E-state index in [2.05, 4.69) is 14.9 Å². The standard InChI is InChI=1S/C18H19FN4O/c19-16-4-2-1-3-15(16)18(24)23-10-13-5-8-22(11-14(13)12-23)17-9-20-6-7-21-17/h1-4,6-7,9,13-14H,5,8,10-12H2/t13-,14+/m1/s1. The van der Waals surface area contributed by atoms with Crippen molar-refractivity contribution in [2.24, 2.45) is 11.8 Å². The van der Waals surface area contributed by atoms with Gasteiger partial charge in [-0.15, -0.1) is 0 Å². The highest BCUT2D eigenvalue weighted by Gasteiger charge is 2.39. The highest BCUT2D eigenvalue weighted by atomic mass is 19.1. The molecule has 24 heavy (non-hydrogen) atoms. The van der Waals surface area contributed by atoms with Gasteiger partial charge in [-0.1, -0.05) is 12.1 Å². The van der Waals surface area contributed by atoms with Crippen molar-refractivity contribution in [3.8, 4) is 0 Å². The van der Waals surface area contributed by atoms with Crippen molar-refractivity contribution in [1.82, 2.24) is 14.9 Å². The molecule has 0 unspecified atom stereocenters. The molecule has 0 saturated carbocycles. The third-order valence-corrected chi connectivity index (χ3v) is 5.07. The van der Waals surface area contributed by atoms with Crippen LogP contribution in [0, 0.1) is 17.7 Å². The molecule has 2 saturated heterocycles. The number of anilines is 1. The van der Waals surface area contributed by atoms with E-state index in [1.165, 1.54) is 6.07 Å². The Hall–Kier alpha value is -2.50. The molecule has 0 aliphatic carbocycles. The first-order valence-corrected chi connectivity index (χ1v) is 8.27. The van der Waals surface area contributed by atoms with E-state index >= 15 is 0 Å². The van der Waals surface area contributed by atoms with Crippen LogP contribution in [-0.2, 0) is 0 Å². The predicted octanol–water partition coefficient (Wildman–Crippen LogP) is 2.21. The van der Waals surface area contributed by atoms with Crippen LogP contribution in [0.3, 0.4) is 0 Å². The van der Waals surface area contributed by atoms with Gasteiger partial charge in [0.25, 0.3) is 5.91 Å². The lowest BCUT2D eigenvalue weighted by molar-refractivity contribution is 0.0780. The van der Waals surface area contributed by atoms with Crippen LogP contribution in [-0.4, -0.2) is 47.0 Å². The number of benzene rings is 1. The van der Waals surface area contributed by atoms with E-state index in [4.69, 9.17) is 0 Å². The van der Waals surface area contributed by atoms with Gasteiger partial charge in [0.2, 0.25) is 0 Å². The van der Waals surface area contributed by atoms with Gasteiger partial charge in [-0.25, -0.2) is 9.37 Å². The van der Waals surface area contributed by atoms with Gasteiger partial charge in [-0.3, -0.25) is 9.78 Å². The summed E-state index contributed by atoms with van der Waals surface area (Å²) in [7, 11) is 0. The van der Waals surface area contributed by atoms with Crippen molar-refractivity contribution in [1.29, 1.82) is 0 Å². The normalized spacial score (nSPS) is 23.2. The second kappa shape index (κ2) is 6.19. The third kappa shape index (κ3) is 2.72. The van der Waals surface area contributed by atoms with Gasteiger partial charge < -0.3 is 9.80 Å². The summed E-state index contributed by atoms with van der Waals surface area (Å²) in [6.07, 6.45) is 6.16. The second-order valence-corrected chi connectivity index (χ2v) is 6.51. The topological polar surface area (TPSA) is 49.3 Å². The molecule has 3 heterocycles. The quantitative estimate of drug-likeness (QED) is 0.849. The Morgan fingerprint density at radius 2 is 1.96 bits per heavy atom. The summed E-state index contributed by atoms with van der Waals surface area (Å²) >= 11 is 0. The molecule has 0 radical (unpaired) electrons. The zero-order chi connectivity index (χ0) is 16.5. The van der Waals surface area contributed by atoms with E-state index in [0.717, 1.165) is 25.3 Å². The largest absolute Gasteiger partial charge is 0.355 e. The van der Waals surface area contributed by atoms with E-state index in [1.807, 2.05) is 0 Å². The maximum absolute atomic E-state index is 13.9. The number of piperidine rings is 1. The SMILES string of the molecule is O=C(c1ccccc1F)N1C[C@H]2CCN(c3cnccn3)C[C@H]2C1. The molecule has 0 spiro atoms. The van der Waals surface area contributed by atoms with Crippen LogP contribution in [0.4, 0.5) is 10.2 Å². The molecule has 2 fully saturated rings. The fourth-order valence-electron chi connectivity index (χ4n) is 3.80. The first-order valence-electron chi connectivity index (χ1n) is 8.27. The first kappa shape index (κ1) is 15.1. The van der Waals surface area contributed by atoms with Crippen LogP contribution in [0.1, 0.15) is 16.8 Å². The average Bonchev–Trinajstić information content (AvgIpc) is 3.05. The summed E-state index contributed by atoms with van der Waals surface area (Å²) in [6.45, 7) is 3.17. The zero-order valence-corrected chi connectivity index (χ0v) is 13.3. The van der Waals surface area contributed by atoms with Crippen LogP contribution >= 0.6 is 0 Å². The van der Waals surface area contributed by atoms with Crippen LogP contribution in [0.25, 0.3) is 0 Å². The van der Waals surface area contributed by atoms with Gasteiger partial charge in [0.15, 0.2) is 0 Å².